The second-order valence-corrected chi connectivity index (χ2v) is 5.20. The number of anilines is 2. The summed E-state index contributed by atoms with van der Waals surface area (Å²) in [7, 11) is 0. The topological polar surface area (TPSA) is 90.1 Å². The molecule has 0 unspecified atom stereocenters. The van der Waals surface area contributed by atoms with Crippen molar-refractivity contribution in [1.82, 2.24) is 15.4 Å². The molecule has 2 aromatic heterocycles. The van der Waals surface area contributed by atoms with Gasteiger partial charge in [0.2, 0.25) is 11.0 Å². The Hall–Kier alpha value is -2.48. The van der Waals surface area contributed by atoms with E-state index in [1.807, 2.05) is 24.3 Å². The molecule has 0 radical (unpaired) electrons. The van der Waals surface area contributed by atoms with Crippen molar-refractivity contribution >= 4 is 39.2 Å². The van der Waals surface area contributed by atoms with Crippen LogP contribution in [-0.4, -0.2) is 27.9 Å². The summed E-state index contributed by atoms with van der Waals surface area (Å²) in [5.41, 5.74) is 0.760. The van der Waals surface area contributed by atoms with E-state index >= 15 is 0 Å². The number of aromatic nitrogens is 3. The summed E-state index contributed by atoms with van der Waals surface area (Å²) in [5, 5.41) is 16.9. The number of ether oxygens (including phenoxy) is 1. The number of nitrogens with one attached hydrogen (secondary N) is 1. The third-order valence-corrected chi connectivity index (χ3v) is 3.51. The van der Waals surface area contributed by atoms with Gasteiger partial charge in [-0.2, -0.15) is 0 Å². The second kappa shape index (κ2) is 5.88. The maximum absolute atomic E-state index is 11.4. The van der Waals surface area contributed by atoms with Crippen LogP contribution >= 0.6 is 11.3 Å². The number of fused-ring (bicyclic) bond motifs is 1. The smallest absolute Gasteiger partial charge is 0.312 e. The van der Waals surface area contributed by atoms with Gasteiger partial charge in [0, 0.05) is 0 Å². The minimum atomic E-state index is -0.315. The maximum atomic E-state index is 11.4. The molecule has 1 N–H and O–H groups in total. The number of hydrogen-bond acceptors (Lipinski definition) is 8. The molecule has 7 nitrogen and oxygen atoms in total. The quantitative estimate of drug-likeness (QED) is 0.724. The van der Waals surface area contributed by atoms with Crippen LogP contribution in [0, 0.1) is 0 Å². The third kappa shape index (κ3) is 3.00. The fraction of sp³-hybridized carbons (Fsp3) is 0.231. The average molecular weight is 304 g/mol. The Labute approximate surface area is 123 Å². The fourth-order valence-electron chi connectivity index (χ4n) is 1.79. The van der Waals surface area contributed by atoms with Crippen molar-refractivity contribution < 1.29 is 14.1 Å². The van der Waals surface area contributed by atoms with E-state index in [-0.39, 0.29) is 12.4 Å². The number of esters is 1. The Morgan fingerprint density at radius 1 is 1.38 bits per heavy atom. The molecule has 0 saturated carbocycles. The number of carbonyl (C=O) groups excluding carboxylic acids is 1. The van der Waals surface area contributed by atoms with Gasteiger partial charge in [-0.3, -0.25) is 10.1 Å². The molecule has 8 heteroatoms. The predicted molar refractivity (Wildman–Crippen MR) is 77.5 cm³/mol. The Bertz CT molecular complexity index is 767. The maximum Gasteiger partial charge on any atom is 0.312 e. The summed E-state index contributed by atoms with van der Waals surface area (Å²) in [6.45, 7) is 2.12. The van der Waals surface area contributed by atoms with Crippen LogP contribution in [0.2, 0.25) is 0 Å². The molecule has 0 fully saturated rings. The van der Waals surface area contributed by atoms with Crippen LogP contribution in [0.4, 0.5) is 11.0 Å². The van der Waals surface area contributed by atoms with E-state index in [9.17, 15) is 4.79 Å². The highest BCUT2D eigenvalue weighted by molar-refractivity contribution is 7.15. The monoisotopic (exact) mass is 304 g/mol. The van der Waals surface area contributed by atoms with Gasteiger partial charge in [-0.25, -0.2) is 0 Å². The molecule has 0 bridgehead atoms. The van der Waals surface area contributed by atoms with Crippen molar-refractivity contribution in [2.24, 2.45) is 0 Å². The molecule has 0 atom stereocenters. The van der Waals surface area contributed by atoms with Crippen LogP contribution < -0.4 is 5.32 Å². The zero-order valence-electron chi connectivity index (χ0n) is 11.2. The standard InChI is InChI=1S/C13H12N4O3S/c1-2-19-11(18)7-10-15-16-13(21-10)14-12-8-5-3-4-6-9(8)17-20-12/h3-6H,2,7H2,1H3,(H,14,16). The molecule has 3 rings (SSSR count). The summed E-state index contributed by atoms with van der Waals surface area (Å²) in [6, 6.07) is 7.54. The van der Waals surface area contributed by atoms with Crippen LogP contribution in [-0.2, 0) is 16.0 Å². The molecule has 1 aromatic carbocycles. The molecule has 0 aliphatic carbocycles. The molecule has 108 valence electrons. The molecule has 2 heterocycles. The van der Waals surface area contributed by atoms with E-state index in [1.165, 1.54) is 11.3 Å². The highest BCUT2D eigenvalue weighted by atomic mass is 32.1. The summed E-state index contributed by atoms with van der Waals surface area (Å²) >= 11 is 1.27. The van der Waals surface area contributed by atoms with E-state index in [0.29, 0.717) is 22.6 Å². The Kier molecular flexibility index (Phi) is 3.78. The molecule has 21 heavy (non-hydrogen) atoms. The third-order valence-electron chi connectivity index (χ3n) is 2.67. The van der Waals surface area contributed by atoms with E-state index in [1.54, 1.807) is 6.92 Å². The van der Waals surface area contributed by atoms with Crippen LogP contribution in [0.5, 0.6) is 0 Å². The molecule has 0 aliphatic heterocycles. The molecular formula is C13H12N4O3S. The van der Waals surface area contributed by atoms with E-state index < -0.39 is 0 Å². The number of rotatable bonds is 5. The van der Waals surface area contributed by atoms with Crippen molar-refractivity contribution in [2.45, 2.75) is 13.3 Å². The molecule has 0 amide bonds. The van der Waals surface area contributed by atoms with Gasteiger partial charge in [-0.15, -0.1) is 10.2 Å². The highest BCUT2D eigenvalue weighted by Gasteiger charge is 2.13. The van der Waals surface area contributed by atoms with Gasteiger partial charge in [0.15, 0.2) is 0 Å². The first-order valence-electron chi connectivity index (χ1n) is 6.35. The van der Waals surface area contributed by atoms with Crippen LogP contribution in [0.1, 0.15) is 11.9 Å². The van der Waals surface area contributed by atoms with Gasteiger partial charge in [0.1, 0.15) is 10.5 Å². The lowest BCUT2D eigenvalue weighted by molar-refractivity contribution is -0.142. The summed E-state index contributed by atoms with van der Waals surface area (Å²) in [6.07, 6.45) is 0.115. The van der Waals surface area contributed by atoms with Crippen molar-refractivity contribution in [2.75, 3.05) is 11.9 Å². The summed E-state index contributed by atoms with van der Waals surface area (Å²) in [4.78, 5) is 11.4. The minimum absolute atomic E-state index is 0.115. The van der Waals surface area contributed by atoms with Gasteiger partial charge < -0.3 is 9.26 Å². The normalized spacial score (nSPS) is 10.7. The van der Waals surface area contributed by atoms with Crippen LogP contribution in [0.3, 0.4) is 0 Å². The van der Waals surface area contributed by atoms with Crippen LogP contribution in [0.25, 0.3) is 10.9 Å². The first kappa shape index (κ1) is 13.5. The Morgan fingerprint density at radius 3 is 3.10 bits per heavy atom. The Morgan fingerprint density at radius 2 is 2.24 bits per heavy atom. The zero-order chi connectivity index (χ0) is 14.7. The van der Waals surface area contributed by atoms with E-state index in [2.05, 4.69) is 20.7 Å². The highest BCUT2D eigenvalue weighted by Crippen LogP contribution is 2.27. The van der Waals surface area contributed by atoms with Gasteiger partial charge in [0.25, 0.3) is 0 Å². The van der Waals surface area contributed by atoms with Gasteiger partial charge in [-0.1, -0.05) is 28.6 Å². The average Bonchev–Trinajstić information content (AvgIpc) is 3.07. The first-order valence-corrected chi connectivity index (χ1v) is 7.17. The van der Waals surface area contributed by atoms with Crippen molar-refractivity contribution in [1.29, 1.82) is 0 Å². The van der Waals surface area contributed by atoms with E-state index in [0.717, 1.165) is 10.9 Å². The van der Waals surface area contributed by atoms with Crippen molar-refractivity contribution in [3.8, 4) is 0 Å². The molecule has 3 aromatic rings. The number of carbonyl (C=O) groups is 1. The lowest BCUT2D eigenvalue weighted by Gasteiger charge is -1.97. The van der Waals surface area contributed by atoms with Gasteiger partial charge in [-0.05, 0) is 19.1 Å². The predicted octanol–water partition coefficient (Wildman–Crippen LogP) is 2.53. The first-order chi connectivity index (χ1) is 10.3. The van der Waals surface area contributed by atoms with Crippen molar-refractivity contribution in [3.05, 3.63) is 29.3 Å². The van der Waals surface area contributed by atoms with Gasteiger partial charge in [0.05, 0.1) is 18.4 Å². The second-order valence-electron chi connectivity index (χ2n) is 4.14. The zero-order valence-corrected chi connectivity index (χ0v) is 12.0. The molecule has 0 spiro atoms. The molecule has 0 aliphatic rings. The van der Waals surface area contributed by atoms with Crippen molar-refractivity contribution in [3.63, 3.8) is 0 Å². The number of nitrogens with zero attached hydrogens (tertiary/aromatic N) is 3. The lowest BCUT2D eigenvalue weighted by atomic mass is 10.2. The molecule has 0 saturated heterocycles. The van der Waals surface area contributed by atoms with Gasteiger partial charge >= 0.3 is 5.97 Å². The SMILES string of the molecule is CCOC(=O)Cc1nnc(Nc2onc3ccccc23)s1. The number of hydrogen-bond donors (Lipinski definition) is 1. The number of benzene rings is 1. The summed E-state index contributed by atoms with van der Waals surface area (Å²) < 4.78 is 10.1. The van der Waals surface area contributed by atoms with Crippen LogP contribution in [0.15, 0.2) is 28.8 Å². The van der Waals surface area contributed by atoms with E-state index in [4.69, 9.17) is 9.26 Å². The largest absolute Gasteiger partial charge is 0.466 e. The Balaban J connectivity index is 1.74. The fourth-order valence-corrected chi connectivity index (χ4v) is 2.51. The lowest BCUT2D eigenvalue weighted by Crippen LogP contribution is -2.07. The molecular weight excluding hydrogens is 292 g/mol. The summed E-state index contributed by atoms with van der Waals surface area (Å²) in [5.74, 6) is 0.190. The minimum Gasteiger partial charge on any atom is -0.466 e.